The zero-order valence-electron chi connectivity index (χ0n) is 20.2. The smallest absolute Gasteiger partial charge is 0.0155 e. The first-order valence-electron chi connectivity index (χ1n) is 11.1. The molecule has 0 heterocycles. The Balaban J connectivity index is 0.000000398. The van der Waals surface area contributed by atoms with Crippen molar-refractivity contribution in [3.63, 3.8) is 0 Å². The molecule has 0 saturated carbocycles. The summed E-state index contributed by atoms with van der Waals surface area (Å²) in [5, 5.41) is 2.68. The molecule has 0 N–H and O–H groups in total. The summed E-state index contributed by atoms with van der Waals surface area (Å²) >= 11 is 0. The van der Waals surface area contributed by atoms with Gasteiger partial charge in [-0.2, -0.15) is 0 Å². The highest BCUT2D eigenvalue weighted by Gasteiger charge is 1.92. The summed E-state index contributed by atoms with van der Waals surface area (Å²) in [5.41, 5.74) is 5.33. The molecule has 0 fully saturated rings. The molecule has 0 amide bonds. The Hall–Kier alpha value is -2.86. The SMILES string of the molecule is CC.CC.Cc1ccc(C)cc1.Cc1cccc2ccccc12.Cc1ccccc1. The lowest BCUT2D eigenvalue weighted by molar-refractivity contribution is 1.40. The molecule has 0 aliphatic heterocycles. The minimum absolute atomic E-state index is 1.32. The fraction of sp³-hybridized carbons (Fsp3) is 0.267. The zero-order chi connectivity index (χ0) is 22.8. The van der Waals surface area contributed by atoms with Crippen molar-refractivity contribution in [2.45, 2.75) is 55.4 Å². The van der Waals surface area contributed by atoms with Crippen molar-refractivity contribution in [1.29, 1.82) is 0 Å². The molecule has 160 valence electrons. The molecule has 0 atom stereocenters. The lowest BCUT2D eigenvalue weighted by Crippen LogP contribution is -1.75. The quantitative estimate of drug-likeness (QED) is 0.276. The van der Waals surface area contributed by atoms with Crippen molar-refractivity contribution in [1.82, 2.24) is 0 Å². The molecule has 0 spiro atoms. The number of benzene rings is 4. The van der Waals surface area contributed by atoms with Crippen LogP contribution >= 0.6 is 0 Å². The van der Waals surface area contributed by atoms with Gasteiger partial charge in [0.15, 0.2) is 0 Å². The fourth-order valence-electron chi connectivity index (χ4n) is 2.56. The molecule has 4 rings (SSSR count). The average molecular weight is 401 g/mol. The first-order chi connectivity index (χ1) is 14.6. The van der Waals surface area contributed by atoms with Gasteiger partial charge in [-0.25, -0.2) is 0 Å². The highest BCUT2D eigenvalue weighted by Crippen LogP contribution is 2.16. The highest BCUT2D eigenvalue weighted by molar-refractivity contribution is 5.85. The van der Waals surface area contributed by atoms with Crippen molar-refractivity contribution in [2.24, 2.45) is 0 Å². The molecular formula is C30H40. The number of rotatable bonds is 0. The largest absolute Gasteiger partial charge is 0.0683 e. The van der Waals surface area contributed by atoms with Gasteiger partial charge >= 0.3 is 0 Å². The van der Waals surface area contributed by atoms with E-state index in [0.29, 0.717) is 0 Å². The number of hydrogen-bond acceptors (Lipinski definition) is 0. The van der Waals surface area contributed by atoms with Gasteiger partial charge in [0.1, 0.15) is 0 Å². The van der Waals surface area contributed by atoms with E-state index in [0.717, 1.165) is 0 Å². The van der Waals surface area contributed by atoms with Crippen LogP contribution in [0.25, 0.3) is 10.8 Å². The van der Waals surface area contributed by atoms with E-state index in [-0.39, 0.29) is 0 Å². The van der Waals surface area contributed by atoms with Gasteiger partial charge in [0.2, 0.25) is 0 Å². The molecule has 4 aromatic carbocycles. The standard InChI is InChI=1S/C11H10.C8H10.C7H8.2C2H6/c1-9-5-4-7-10-6-2-3-8-11(9)10;1-7-3-5-8(2)6-4-7;1-7-5-3-2-4-6-7;2*1-2/h2-8H,1H3;3-6H,1-2H3;2-6H,1H3;2*1-2H3. The van der Waals surface area contributed by atoms with Gasteiger partial charge in [-0.3, -0.25) is 0 Å². The van der Waals surface area contributed by atoms with Crippen LogP contribution in [0, 0.1) is 27.7 Å². The molecule has 0 unspecified atom stereocenters. The molecule has 0 aromatic heterocycles. The van der Waals surface area contributed by atoms with E-state index >= 15 is 0 Å². The fourth-order valence-corrected chi connectivity index (χ4v) is 2.56. The van der Waals surface area contributed by atoms with E-state index in [1.54, 1.807) is 0 Å². The molecule has 0 nitrogen and oxygen atoms in total. The summed E-state index contributed by atoms with van der Waals surface area (Å²) in [4.78, 5) is 0. The summed E-state index contributed by atoms with van der Waals surface area (Å²) in [5.74, 6) is 0. The molecular weight excluding hydrogens is 360 g/mol. The third-order valence-corrected chi connectivity index (χ3v) is 4.17. The Bertz CT molecular complexity index is 877. The normalized spacial score (nSPS) is 8.67. The van der Waals surface area contributed by atoms with Crippen LogP contribution in [0.5, 0.6) is 0 Å². The van der Waals surface area contributed by atoms with Crippen molar-refractivity contribution in [3.05, 3.63) is 119 Å². The first kappa shape index (κ1) is 27.1. The maximum Gasteiger partial charge on any atom is -0.0155 e. The van der Waals surface area contributed by atoms with Gasteiger partial charge in [0.25, 0.3) is 0 Å². The van der Waals surface area contributed by atoms with E-state index in [1.807, 2.05) is 45.9 Å². The maximum atomic E-state index is 2.16. The van der Waals surface area contributed by atoms with Crippen LogP contribution in [-0.4, -0.2) is 0 Å². The predicted octanol–water partition coefficient (Wildman–Crippen LogP) is 9.50. The van der Waals surface area contributed by atoms with Crippen LogP contribution in [0.15, 0.2) is 97.1 Å². The molecule has 30 heavy (non-hydrogen) atoms. The Kier molecular flexibility index (Phi) is 15.4. The van der Waals surface area contributed by atoms with E-state index in [2.05, 4.69) is 107 Å². The summed E-state index contributed by atoms with van der Waals surface area (Å²) < 4.78 is 0. The molecule has 0 radical (unpaired) electrons. The van der Waals surface area contributed by atoms with Crippen molar-refractivity contribution in [2.75, 3.05) is 0 Å². The molecule has 0 saturated heterocycles. The van der Waals surface area contributed by atoms with Crippen LogP contribution < -0.4 is 0 Å². The number of fused-ring (bicyclic) bond motifs is 1. The van der Waals surface area contributed by atoms with Crippen LogP contribution in [0.1, 0.15) is 49.9 Å². The van der Waals surface area contributed by atoms with Gasteiger partial charge in [0, 0.05) is 0 Å². The third kappa shape index (κ3) is 11.2. The van der Waals surface area contributed by atoms with Crippen molar-refractivity contribution in [3.8, 4) is 0 Å². The predicted molar refractivity (Wildman–Crippen MR) is 138 cm³/mol. The summed E-state index contributed by atoms with van der Waals surface area (Å²) in [7, 11) is 0. The molecule has 4 aromatic rings. The molecule has 0 bridgehead atoms. The summed E-state index contributed by atoms with van der Waals surface area (Å²) in [6, 6.07) is 33.6. The van der Waals surface area contributed by atoms with Gasteiger partial charge in [-0.1, -0.05) is 141 Å². The minimum atomic E-state index is 1.32. The van der Waals surface area contributed by atoms with E-state index in [9.17, 15) is 0 Å². The zero-order valence-corrected chi connectivity index (χ0v) is 20.2. The van der Waals surface area contributed by atoms with Crippen LogP contribution in [-0.2, 0) is 0 Å². The second-order valence-corrected chi connectivity index (χ2v) is 6.61. The second-order valence-electron chi connectivity index (χ2n) is 6.61. The van der Waals surface area contributed by atoms with Crippen LogP contribution in [0.2, 0.25) is 0 Å². The summed E-state index contributed by atoms with van der Waals surface area (Å²) in [6.45, 7) is 16.4. The Morgan fingerprint density at radius 1 is 0.367 bits per heavy atom. The third-order valence-electron chi connectivity index (χ3n) is 4.17. The number of hydrogen-bond donors (Lipinski definition) is 0. The monoisotopic (exact) mass is 400 g/mol. The average Bonchev–Trinajstić information content (AvgIpc) is 2.80. The molecule has 0 aliphatic carbocycles. The Morgan fingerprint density at radius 2 is 0.767 bits per heavy atom. The van der Waals surface area contributed by atoms with E-state index in [1.165, 1.54) is 33.0 Å². The van der Waals surface area contributed by atoms with Crippen molar-refractivity contribution < 1.29 is 0 Å². The highest BCUT2D eigenvalue weighted by atomic mass is 14.0. The maximum absolute atomic E-state index is 2.16. The van der Waals surface area contributed by atoms with E-state index < -0.39 is 0 Å². The summed E-state index contributed by atoms with van der Waals surface area (Å²) in [6.07, 6.45) is 0. The van der Waals surface area contributed by atoms with Gasteiger partial charge in [-0.15, -0.1) is 0 Å². The molecule has 0 heteroatoms. The van der Waals surface area contributed by atoms with Crippen LogP contribution in [0.4, 0.5) is 0 Å². The topological polar surface area (TPSA) is 0 Å². The van der Waals surface area contributed by atoms with Gasteiger partial charge in [0.05, 0.1) is 0 Å². The van der Waals surface area contributed by atoms with Gasteiger partial charge in [-0.05, 0) is 44.0 Å². The lowest BCUT2D eigenvalue weighted by atomic mass is 10.1. The van der Waals surface area contributed by atoms with Crippen molar-refractivity contribution >= 4 is 10.8 Å². The number of aryl methyl sites for hydroxylation is 4. The minimum Gasteiger partial charge on any atom is -0.0683 e. The Morgan fingerprint density at radius 3 is 1.20 bits per heavy atom. The van der Waals surface area contributed by atoms with Crippen LogP contribution in [0.3, 0.4) is 0 Å². The molecule has 0 aliphatic rings. The van der Waals surface area contributed by atoms with E-state index in [4.69, 9.17) is 0 Å². The second kappa shape index (κ2) is 17.0. The Labute approximate surface area is 185 Å². The first-order valence-corrected chi connectivity index (χ1v) is 11.1. The van der Waals surface area contributed by atoms with Gasteiger partial charge < -0.3 is 0 Å². The lowest BCUT2D eigenvalue weighted by Gasteiger charge is -1.98.